The molecule has 0 atom stereocenters. The van der Waals surface area contributed by atoms with Crippen molar-refractivity contribution in [3.05, 3.63) is 69.5 Å². The molecule has 142 valence electrons. The molecule has 2 aromatic carbocycles. The van der Waals surface area contributed by atoms with Crippen LogP contribution in [0.4, 0.5) is 17.2 Å². The molecule has 1 saturated carbocycles. The highest BCUT2D eigenvalue weighted by Gasteiger charge is 2.49. The maximum absolute atomic E-state index is 12.6. The first-order chi connectivity index (χ1) is 13.7. The van der Waals surface area contributed by atoms with Crippen molar-refractivity contribution < 1.29 is 4.79 Å². The van der Waals surface area contributed by atoms with Gasteiger partial charge in [0, 0.05) is 22.4 Å². The summed E-state index contributed by atoms with van der Waals surface area (Å²) in [5, 5.41) is 7.51. The van der Waals surface area contributed by atoms with Gasteiger partial charge in [0.15, 0.2) is 0 Å². The van der Waals surface area contributed by atoms with Crippen LogP contribution >= 0.6 is 11.3 Å². The maximum Gasteiger partial charge on any atom is 0.255 e. The predicted octanol–water partition coefficient (Wildman–Crippen LogP) is 4.42. The SMILES string of the molecule is Nc1ccccc1NC(=O)c1ccc(C2(c3nc4c(s3)CCCN4)CC2)cc1. The fourth-order valence-electron chi connectivity index (χ4n) is 3.82. The third-order valence-electron chi connectivity index (χ3n) is 5.64. The van der Waals surface area contributed by atoms with Crippen LogP contribution in [-0.2, 0) is 11.8 Å². The molecule has 1 amide bonds. The number of para-hydroxylation sites is 2. The number of aryl methyl sites for hydroxylation is 1. The van der Waals surface area contributed by atoms with E-state index in [1.807, 2.05) is 35.6 Å². The van der Waals surface area contributed by atoms with Crippen molar-refractivity contribution >= 4 is 34.4 Å². The molecule has 5 nitrogen and oxygen atoms in total. The fourth-order valence-corrected chi connectivity index (χ4v) is 5.17. The number of nitrogens with zero attached hydrogens (tertiary/aromatic N) is 1. The monoisotopic (exact) mass is 390 g/mol. The van der Waals surface area contributed by atoms with Gasteiger partial charge in [-0.1, -0.05) is 24.3 Å². The number of anilines is 3. The van der Waals surface area contributed by atoms with Gasteiger partial charge >= 0.3 is 0 Å². The number of carbonyl (C=O) groups is 1. The zero-order chi connectivity index (χ0) is 19.1. The molecule has 0 spiro atoms. The van der Waals surface area contributed by atoms with Gasteiger partial charge in [0.25, 0.3) is 5.91 Å². The van der Waals surface area contributed by atoms with E-state index in [2.05, 4.69) is 22.8 Å². The molecular formula is C22H22N4OS. The van der Waals surface area contributed by atoms with E-state index in [0.29, 0.717) is 16.9 Å². The van der Waals surface area contributed by atoms with Crippen LogP contribution < -0.4 is 16.4 Å². The van der Waals surface area contributed by atoms with Gasteiger partial charge < -0.3 is 16.4 Å². The molecular weight excluding hydrogens is 368 g/mol. The molecule has 2 aliphatic rings. The van der Waals surface area contributed by atoms with Gasteiger partial charge in [-0.15, -0.1) is 11.3 Å². The largest absolute Gasteiger partial charge is 0.397 e. The van der Waals surface area contributed by atoms with Gasteiger partial charge in [0.2, 0.25) is 0 Å². The third kappa shape index (κ3) is 2.94. The Morgan fingerprint density at radius 2 is 1.93 bits per heavy atom. The Balaban J connectivity index is 1.37. The van der Waals surface area contributed by atoms with Crippen molar-refractivity contribution in [3.63, 3.8) is 0 Å². The Kier molecular flexibility index (Phi) is 4.09. The van der Waals surface area contributed by atoms with Gasteiger partial charge in [0.1, 0.15) is 10.8 Å². The summed E-state index contributed by atoms with van der Waals surface area (Å²) in [5.74, 6) is 0.928. The number of rotatable bonds is 4. The Morgan fingerprint density at radius 1 is 1.14 bits per heavy atom. The normalized spacial score (nSPS) is 16.7. The number of nitrogens with two attached hydrogens (primary N) is 1. The lowest BCUT2D eigenvalue weighted by atomic mass is 9.95. The second kappa shape index (κ2) is 6.63. The van der Waals surface area contributed by atoms with Crippen molar-refractivity contribution in [1.29, 1.82) is 0 Å². The number of aromatic nitrogens is 1. The summed E-state index contributed by atoms with van der Waals surface area (Å²) in [6, 6.07) is 15.2. The van der Waals surface area contributed by atoms with E-state index in [0.717, 1.165) is 31.6 Å². The van der Waals surface area contributed by atoms with Crippen LogP contribution in [0.15, 0.2) is 48.5 Å². The third-order valence-corrected chi connectivity index (χ3v) is 6.96. The number of thiazole rings is 1. The number of carbonyl (C=O) groups excluding carboxylic acids is 1. The molecule has 0 bridgehead atoms. The summed E-state index contributed by atoms with van der Waals surface area (Å²) in [6.07, 6.45) is 4.53. The average Bonchev–Trinajstić information content (AvgIpc) is 3.42. The van der Waals surface area contributed by atoms with Crippen LogP contribution in [0.3, 0.4) is 0 Å². The van der Waals surface area contributed by atoms with Crippen LogP contribution in [0.25, 0.3) is 0 Å². The standard InChI is InChI=1S/C22H22N4OS/c23-16-4-1-2-5-17(16)25-20(27)14-7-9-15(10-8-14)22(11-12-22)21-26-19-18(28-21)6-3-13-24-19/h1-2,4-5,7-10,24H,3,6,11-13,23H2,(H,25,27). The minimum atomic E-state index is -0.150. The van der Waals surface area contributed by atoms with Crippen molar-refractivity contribution in [3.8, 4) is 0 Å². The van der Waals surface area contributed by atoms with Crippen molar-refractivity contribution in [2.24, 2.45) is 0 Å². The molecule has 28 heavy (non-hydrogen) atoms. The van der Waals surface area contributed by atoms with Gasteiger partial charge in [-0.3, -0.25) is 4.79 Å². The van der Waals surface area contributed by atoms with Crippen LogP contribution in [0, 0.1) is 0 Å². The molecule has 1 fully saturated rings. The molecule has 1 aliphatic carbocycles. The number of nitrogens with one attached hydrogen (secondary N) is 2. The zero-order valence-corrected chi connectivity index (χ0v) is 16.3. The topological polar surface area (TPSA) is 80.0 Å². The Hall–Kier alpha value is -2.86. The van der Waals surface area contributed by atoms with Gasteiger partial charge in [-0.25, -0.2) is 4.98 Å². The van der Waals surface area contributed by atoms with E-state index in [1.54, 1.807) is 12.1 Å². The summed E-state index contributed by atoms with van der Waals surface area (Å²) < 4.78 is 0. The summed E-state index contributed by atoms with van der Waals surface area (Å²) in [5.41, 5.74) is 9.02. The number of nitrogen functional groups attached to an aromatic ring is 1. The van der Waals surface area contributed by atoms with Crippen LogP contribution in [0.2, 0.25) is 0 Å². The van der Waals surface area contributed by atoms with Gasteiger partial charge in [-0.05, 0) is 55.5 Å². The van der Waals surface area contributed by atoms with Crippen LogP contribution in [-0.4, -0.2) is 17.4 Å². The highest BCUT2D eigenvalue weighted by atomic mass is 32.1. The van der Waals surface area contributed by atoms with Crippen LogP contribution in [0.5, 0.6) is 0 Å². The lowest BCUT2D eigenvalue weighted by Gasteiger charge is -2.14. The highest BCUT2D eigenvalue weighted by molar-refractivity contribution is 7.12. The Morgan fingerprint density at radius 3 is 2.64 bits per heavy atom. The molecule has 5 rings (SSSR count). The summed E-state index contributed by atoms with van der Waals surface area (Å²) in [7, 11) is 0. The average molecular weight is 391 g/mol. The van der Waals surface area contributed by atoms with Crippen molar-refractivity contribution in [2.45, 2.75) is 31.1 Å². The van der Waals surface area contributed by atoms with E-state index in [1.165, 1.54) is 21.9 Å². The Labute approximate surface area is 168 Å². The summed E-state index contributed by atoms with van der Waals surface area (Å²) >= 11 is 1.85. The number of fused-ring (bicyclic) bond motifs is 1. The summed E-state index contributed by atoms with van der Waals surface area (Å²) in [6.45, 7) is 1.01. The molecule has 3 aromatic rings. The van der Waals surface area contributed by atoms with Crippen molar-refractivity contribution in [1.82, 2.24) is 4.98 Å². The predicted molar refractivity (Wildman–Crippen MR) is 114 cm³/mol. The molecule has 1 aromatic heterocycles. The molecule has 2 heterocycles. The molecule has 4 N–H and O–H groups in total. The van der Waals surface area contributed by atoms with E-state index in [9.17, 15) is 4.79 Å². The first kappa shape index (κ1) is 17.3. The number of amides is 1. The molecule has 1 aliphatic heterocycles. The number of benzene rings is 2. The van der Waals surface area contributed by atoms with Gasteiger partial charge in [0.05, 0.1) is 11.4 Å². The second-order valence-corrected chi connectivity index (χ2v) is 8.61. The second-order valence-electron chi connectivity index (χ2n) is 7.52. The fraction of sp³-hybridized carbons (Fsp3) is 0.273. The van der Waals surface area contributed by atoms with Gasteiger partial charge in [-0.2, -0.15) is 0 Å². The minimum Gasteiger partial charge on any atom is -0.397 e. The lowest BCUT2D eigenvalue weighted by molar-refractivity contribution is 0.102. The first-order valence-corrected chi connectivity index (χ1v) is 10.5. The van der Waals surface area contributed by atoms with E-state index in [-0.39, 0.29) is 11.3 Å². The quantitative estimate of drug-likeness (QED) is 0.576. The molecule has 0 saturated heterocycles. The smallest absolute Gasteiger partial charge is 0.255 e. The first-order valence-electron chi connectivity index (χ1n) is 9.66. The van der Waals surface area contributed by atoms with E-state index >= 15 is 0 Å². The molecule has 0 radical (unpaired) electrons. The number of hydrogen-bond acceptors (Lipinski definition) is 5. The Bertz CT molecular complexity index is 1010. The molecule has 6 heteroatoms. The van der Waals surface area contributed by atoms with E-state index in [4.69, 9.17) is 10.7 Å². The molecule has 0 unspecified atom stereocenters. The van der Waals surface area contributed by atoms with Crippen molar-refractivity contribution in [2.75, 3.05) is 22.9 Å². The highest BCUT2D eigenvalue weighted by Crippen LogP contribution is 2.55. The van der Waals surface area contributed by atoms with E-state index < -0.39 is 0 Å². The van der Waals surface area contributed by atoms with Crippen LogP contribution in [0.1, 0.15) is 45.1 Å². The summed E-state index contributed by atoms with van der Waals surface area (Å²) in [4.78, 5) is 18.8. The maximum atomic E-state index is 12.6. The zero-order valence-electron chi connectivity index (χ0n) is 15.5. The minimum absolute atomic E-state index is 0.0303. The lowest BCUT2D eigenvalue weighted by Crippen LogP contribution is -2.14. The number of hydrogen-bond donors (Lipinski definition) is 3.